The minimum absolute atomic E-state index is 0.161. The highest BCUT2D eigenvalue weighted by Gasteiger charge is 2.23. The topological polar surface area (TPSA) is 92.2 Å². The Labute approximate surface area is 128 Å². The summed E-state index contributed by atoms with van der Waals surface area (Å²) in [6.07, 6.45) is 0. The molecule has 0 fully saturated rings. The number of imide groups is 1. The lowest BCUT2D eigenvalue weighted by Crippen LogP contribution is -2.41. The quantitative estimate of drug-likeness (QED) is 0.783. The second-order valence-corrected chi connectivity index (χ2v) is 6.28. The summed E-state index contributed by atoms with van der Waals surface area (Å²) in [4.78, 5) is 24.9. The van der Waals surface area contributed by atoms with Crippen LogP contribution < -0.4 is 15.5 Å². The van der Waals surface area contributed by atoms with E-state index in [1.807, 2.05) is 37.4 Å². The SMILES string of the molecule is CNC(=O)NC(=O)[C@H](C)Sc1nnc(N(C)C)n1C(C)C. The van der Waals surface area contributed by atoms with Crippen molar-refractivity contribution in [2.45, 2.75) is 37.2 Å². The van der Waals surface area contributed by atoms with Gasteiger partial charge in [0.2, 0.25) is 11.9 Å². The molecule has 0 saturated heterocycles. The monoisotopic (exact) mass is 314 g/mol. The minimum Gasteiger partial charge on any atom is -0.347 e. The Morgan fingerprint density at radius 2 is 1.86 bits per heavy atom. The first-order chi connectivity index (χ1) is 9.77. The van der Waals surface area contributed by atoms with E-state index in [4.69, 9.17) is 0 Å². The van der Waals surface area contributed by atoms with Crippen LogP contribution in [-0.2, 0) is 4.79 Å². The molecule has 2 N–H and O–H groups in total. The van der Waals surface area contributed by atoms with E-state index in [-0.39, 0.29) is 11.9 Å². The molecule has 1 heterocycles. The van der Waals surface area contributed by atoms with Crippen LogP contribution in [-0.4, -0.2) is 53.1 Å². The molecule has 1 atom stereocenters. The van der Waals surface area contributed by atoms with Crippen LogP contribution in [0.2, 0.25) is 0 Å². The second kappa shape index (κ2) is 7.30. The summed E-state index contributed by atoms with van der Waals surface area (Å²) in [5.41, 5.74) is 0. The lowest BCUT2D eigenvalue weighted by molar-refractivity contribution is -0.119. The minimum atomic E-state index is -0.522. The Hall–Kier alpha value is -1.77. The summed E-state index contributed by atoms with van der Waals surface area (Å²) in [6.45, 7) is 5.77. The van der Waals surface area contributed by atoms with Crippen molar-refractivity contribution in [1.29, 1.82) is 0 Å². The molecular weight excluding hydrogens is 292 g/mol. The van der Waals surface area contributed by atoms with Crippen LogP contribution >= 0.6 is 11.8 Å². The molecule has 0 unspecified atom stereocenters. The summed E-state index contributed by atoms with van der Waals surface area (Å²) >= 11 is 1.27. The Kier molecular flexibility index (Phi) is 6.01. The van der Waals surface area contributed by atoms with Crippen LogP contribution in [0.15, 0.2) is 5.16 Å². The van der Waals surface area contributed by atoms with Crippen LogP contribution in [0, 0.1) is 0 Å². The molecule has 0 saturated carbocycles. The molecule has 0 spiro atoms. The molecule has 1 aromatic rings. The highest BCUT2D eigenvalue weighted by atomic mass is 32.2. The van der Waals surface area contributed by atoms with Gasteiger partial charge in [0.25, 0.3) is 0 Å². The summed E-state index contributed by atoms with van der Waals surface area (Å²) in [6, 6.07) is -0.360. The standard InChI is InChI=1S/C12H22N6O2S/c1-7(2)18-11(17(5)6)15-16-12(18)21-8(3)9(19)14-10(20)13-4/h7-8H,1-6H3,(H2,13,14,19,20)/t8-/m0/s1. The zero-order valence-corrected chi connectivity index (χ0v) is 14.0. The molecule has 3 amide bonds. The Balaban J connectivity index is 2.88. The van der Waals surface area contributed by atoms with Crippen molar-refractivity contribution in [2.75, 3.05) is 26.0 Å². The third-order valence-electron chi connectivity index (χ3n) is 2.68. The van der Waals surface area contributed by atoms with Gasteiger partial charge in [0.1, 0.15) is 0 Å². The number of nitrogens with one attached hydrogen (secondary N) is 2. The fourth-order valence-electron chi connectivity index (χ4n) is 1.59. The van der Waals surface area contributed by atoms with Crippen LogP contribution in [0.4, 0.5) is 10.7 Å². The lowest BCUT2D eigenvalue weighted by atomic mass is 10.4. The van der Waals surface area contributed by atoms with E-state index in [0.29, 0.717) is 5.16 Å². The van der Waals surface area contributed by atoms with Crippen molar-refractivity contribution < 1.29 is 9.59 Å². The predicted octanol–water partition coefficient (Wildman–Crippen LogP) is 0.861. The predicted molar refractivity (Wildman–Crippen MR) is 82.7 cm³/mol. The normalized spacial score (nSPS) is 12.1. The number of thioether (sulfide) groups is 1. The molecule has 118 valence electrons. The first kappa shape index (κ1) is 17.3. The molecule has 0 aliphatic rings. The molecule has 0 aliphatic carbocycles. The largest absolute Gasteiger partial charge is 0.347 e. The van der Waals surface area contributed by atoms with E-state index in [9.17, 15) is 9.59 Å². The third-order valence-corrected chi connectivity index (χ3v) is 3.73. The molecule has 8 nitrogen and oxygen atoms in total. The van der Waals surface area contributed by atoms with E-state index in [0.717, 1.165) is 5.95 Å². The van der Waals surface area contributed by atoms with E-state index in [1.165, 1.54) is 18.8 Å². The molecule has 0 bridgehead atoms. The van der Waals surface area contributed by atoms with Gasteiger partial charge in [0.05, 0.1) is 5.25 Å². The fourth-order valence-corrected chi connectivity index (χ4v) is 2.57. The second-order valence-electron chi connectivity index (χ2n) is 4.97. The molecule has 1 aromatic heterocycles. The average Bonchev–Trinajstić information content (AvgIpc) is 2.82. The van der Waals surface area contributed by atoms with Gasteiger partial charge in [0, 0.05) is 27.2 Å². The van der Waals surface area contributed by atoms with Gasteiger partial charge in [-0.05, 0) is 20.8 Å². The van der Waals surface area contributed by atoms with Crippen LogP contribution in [0.5, 0.6) is 0 Å². The first-order valence-electron chi connectivity index (χ1n) is 6.59. The van der Waals surface area contributed by atoms with Crippen molar-refractivity contribution in [3.05, 3.63) is 0 Å². The van der Waals surface area contributed by atoms with Crippen molar-refractivity contribution >= 4 is 29.6 Å². The van der Waals surface area contributed by atoms with E-state index >= 15 is 0 Å². The fraction of sp³-hybridized carbons (Fsp3) is 0.667. The van der Waals surface area contributed by atoms with E-state index in [2.05, 4.69) is 20.8 Å². The number of rotatable bonds is 5. The number of hydrogen-bond acceptors (Lipinski definition) is 6. The van der Waals surface area contributed by atoms with Crippen molar-refractivity contribution in [2.24, 2.45) is 0 Å². The van der Waals surface area contributed by atoms with Crippen molar-refractivity contribution in [3.63, 3.8) is 0 Å². The van der Waals surface area contributed by atoms with Gasteiger partial charge in [-0.2, -0.15) is 0 Å². The molecule has 0 aromatic carbocycles. The zero-order valence-electron chi connectivity index (χ0n) is 13.2. The number of nitrogens with zero attached hydrogens (tertiary/aromatic N) is 4. The first-order valence-corrected chi connectivity index (χ1v) is 7.47. The smallest absolute Gasteiger partial charge is 0.321 e. The zero-order chi connectivity index (χ0) is 16.2. The number of carbonyl (C=O) groups excluding carboxylic acids is 2. The number of hydrogen-bond donors (Lipinski definition) is 2. The van der Waals surface area contributed by atoms with Gasteiger partial charge in [0.15, 0.2) is 5.16 Å². The maximum atomic E-state index is 11.9. The molecular formula is C12H22N6O2S. The van der Waals surface area contributed by atoms with Crippen LogP contribution in [0.25, 0.3) is 0 Å². The Bertz CT molecular complexity index is 514. The number of anilines is 1. The highest BCUT2D eigenvalue weighted by Crippen LogP contribution is 2.28. The van der Waals surface area contributed by atoms with Crippen LogP contribution in [0.1, 0.15) is 26.8 Å². The van der Waals surface area contributed by atoms with Gasteiger partial charge < -0.3 is 10.2 Å². The van der Waals surface area contributed by atoms with Gasteiger partial charge in [-0.25, -0.2) is 4.79 Å². The average molecular weight is 314 g/mol. The van der Waals surface area contributed by atoms with E-state index < -0.39 is 11.3 Å². The molecule has 21 heavy (non-hydrogen) atoms. The van der Waals surface area contributed by atoms with Crippen molar-refractivity contribution in [3.8, 4) is 0 Å². The summed E-state index contributed by atoms with van der Waals surface area (Å²) in [5, 5.41) is 13.0. The lowest BCUT2D eigenvalue weighted by Gasteiger charge is -2.18. The van der Waals surface area contributed by atoms with Gasteiger partial charge >= 0.3 is 6.03 Å². The maximum Gasteiger partial charge on any atom is 0.321 e. The number of amides is 3. The highest BCUT2D eigenvalue weighted by molar-refractivity contribution is 8.00. The molecule has 9 heteroatoms. The summed E-state index contributed by atoms with van der Waals surface area (Å²) in [5.74, 6) is 0.357. The summed E-state index contributed by atoms with van der Waals surface area (Å²) in [7, 11) is 5.23. The number of aromatic nitrogens is 3. The van der Waals surface area contributed by atoms with Gasteiger partial charge in [-0.3, -0.25) is 14.7 Å². The van der Waals surface area contributed by atoms with E-state index in [1.54, 1.807) is 6.92 Å². The van der Waals surface area contributed by atoms with Crippen molar-refractivity contribution in [1.82, 2.24) is 25.4 Å². The molecule has 0 radical (unpaired) electrons. The third kappa shape index (κ3) is 4.35. The molecule has 0 aliphatic heterocycles. The van der Waals surface area contributed by atoms with Crippen LogP contribution in [0.3, 0.4) is 0 Å². The molecule has 1 rings (SSSR count). The Morgan fingerprint density at radius 3 is 2.33 bits per heavy atom. The number of urea groups is 1. The van der Waals surface area contributed by atoms with Gasteiger partial charge in [-0.1, -0.05) is 11.8 Å². The maximum absolute atomic E-state index is 11.9. The number of carbonyl (C=O) groups is 2. The summed E-state index contributed by atoms with van der Waals surface area (Å²) < 4.78 is 1.95. The Morgan fingerprint density at radius 1 is 1.24 bits per heavy atom. The van der Waals surface area contributed by atoms with Gasteiger partial charge in [-0.15, -0.1) is 10.2 Å².